The van der Waals surface area contributed by atoms with Gasteiger partial charge in [-0.2, -0.15) is 0 Å². The first-order chi connectivity index (χ1) is 10.7. The van der Waals surface area contributed by atoms with Crippen molar-refractivity contribution in [1.82, 2.24) is 5.32 Å². The van der Waals surface area contributed by atoms with Crippen LogP contribution in [0.15, 0.2) is 24.3 Å². The Bertz CT molecular complexity index is 400. The minimum atomic E-state index is -0.721. The van der Waals surface area contributed by atoms with E-state index in [-0.39, 0.29) is 6.42 Å². The molecule has 0 aliphatic heterocycles. The summed E-state index contributed by atoms with van der Waals surface area (Å²) in [6.07, 6.45) is 10.2. The molecule has 0 heterocycles. The molecule has 0 bridgehead atoms. The number of carboxylic acid groups (broad SMARTS) is 1. The monoisotopic (exact) mass is 305 g/mol. The lowest BCUT2D eigenvalue weighted by molar-refractivity contribution is -0.137. The maximum absolute atomic E-state index is 10.4. The van der Waals surface area contributed by atoms with E-state index >= 15 is 0 Å². The molecule has 22 heavy (non-hydrogen) atoms. The molecule has 3 heteroatoms. The second-order valence-electron chi connectivity index (χ2n) is 6.01. The third kappa shape index (κ3) is 9.56. The van der Waals surface area contributed by atoms with Crippen molar-refractivity contribution >= 4 is 5.97 Å². The normalized spacial score (nSPS) is 10.8. The zero-order chi connectivity index (χ0) is 16.0. The Morgan fingerprint density at radius 3 is 2.27 bits per heavy atom. The number of aryl methyl sites for hydroxylation is 1. The zero-order valence-electron chi connectivity index (χ0n) is 13.9. The van der Waals surface area contributed by atoms with Crippen molar-refractivity contribution in [2.24, 2.45) is 0 Å². The third-order valence-corrected chi connectivity index (χ3v) is 3.92. The van der Waals surface area contributed by atoms with Gasteiger partial charge in [-0.15, -0.1) is 0 Å². The Labute approximate surface area is 135 Å². The summed E-state index contributed by atoms with van der Waals surface area (Å²) in [6, 6.07) is 8.80. The number of hydrogen-bond acceptors (Lipinski definition) is 2. The van der Waals surface area contributed by atoms with E-state index in [0.29, 0.717) is 6.42 Å². The van der Waals surface area contributed by atoms with Crippen molar-refractivity contribution in [2.75, 3.05) is 6.54 Å². The van der Waals surface area contributed by atoms with E-state index in [1.165, 1.54) is 56.1 Å². The molecule has 124 valence electrons. The highest BCUT2D eigenvalue weighted by atomic mass is 16.4. The summed E-state index contributed by atoms with van der Waals surface area (Å²) in [5.74, 6) is -0.721. The molecule has 0 atom stereocenters. The van der Waals surface area contributed by atoms with Gasteiger partial charge in [0.2, 0.25) is 0 Å². The van der Waals surface area contributed by atoms with Crippen LogP contribution in [0.5, 0.6) is 0 Å². The van der Waals surface area contributed by atoms with Crippen LogP contribution in [0.25, 0.3) is 0 Å². The van der Waals surface area contributed by atoms with Crippen molar-refractivity contribution in [1.29, 1.82) is 0 Å². The number of rotatable bonds is 13. The van der Waals surface area contributed by atoms with Crippen LogP contribution in [0.1, 0.15) is 69.4 Å². The molecule has 1 rings (SSSR count). The minimum absolute atomic E-state index is 0.240. The Balaban J connectivity index is 2.10. The summed E-state index contributed by atoms with van der Waals surface area (Å²) in [7, 11) is 0. The summed E-state index contributed by atoms with van der Waals surface area (Å²) in [4.78, 5) is 10.4. The number of aliphatic carboxylic acids is 1. The first-order valence-corrected chi connectivity index (χ1v) is 8.72. The first-order valence-electron chi connectivity index (χ1n) is 8.72. The molecule has 1 aromatic carbocycles. The van der Waals surface area contributed by atoms with Gasteiger partial charge in [-0.3, -0.25) is 4.79 Å². The maximum Gasteiger partial charge on any atom is 0.303 e. The molecule has 0 fully saturated rings. The van der Waals surface area contributed by atoms with Gasteiger partial charge >= 0.3 is 5.97 Å². The largest absolute Gasteiger partial charge is 0.481 e. The second-order valence-corrected chi connectivity index (χ2v) is 6.01. The van der Waals surface area contributed by atoms with Gasteiger partial charge in [-0.25, -0.2) is 0 Å². The topological polar surface area (TPSA) is 49.3 Å². The lowest BCUT2D eigenvalue weighted by Crippen LogP contribution is -2.15. The molecule has 0 aliphatic carbocycles. The Morgan fingerprint density at radius 2 is 1.59 bits per heavy atom. The minimum Gasteiger partial charge on any atom is -0.481 e. The lowest BCUT2D eigenvalue weighted by atomic mass is 10.0. The maximum atomic E-state index is 10.4. The van der Waals surface area contributed by atoms with E-state index in [1.54, 1.807) is 0 Å². The van der Waals surface area contributed by atoms with Crippen LogP contribution >= 0.6 is 0 Å². The van der Waals surface area contributed by atoms with Crippen LogP contribution in [0.2, 0.25) is 0 Å². The average molecular weight is 305 g/mol. The Kier molecular flexibility index (Phi) is 10.4. The summed E-state index contributed by atoms with van der Waals surface area (Å²) >= 11 is 0. The van der Waals surface area contributed by atoms with Gasteiger partial charge in [0.25, 0.3) is 0 Å². The van der Waals surface area contributed by atoms with Crippen molar-refractivity contribution in [2.45, 2.75) is 71.3 Å². The van der Waals surface area contributed by atoms with E-state index in [0.717, 1.165) is 13.1 Å². The van der Waals surface area contributed by atoms with Crippen molar-refractivity contribution in [3.63, 3.8) is 0 Å². The van der Waals surface area contributed by atoms with Crippen LogP contribution in [0.3, 0.4) is 0 Å². The average Bonchev–Trinajstić information content (AvgIpc) is 2.51. The highest BCUT2D eigenvalue weighted by molar-refractivity contribution is 5.66. The number of nitrogens with one attached hydrogen (secondary N) is 1. The molecule has 3 nitrogen and oxygen atoms in total. The van der Waals surface area contributed by atoms with E-state index in [1.807, 2.05) is 0 Å². The second kappa shape index (κ2) is 12.2. The van der Waals surface area contributed by atoms with Crippen molar-refractivity contribution in [3.05, 3.63) is 35.4 Å². The van der Waals surface area contributed by atoms with E-state index in [4.69, 9.17) is 5.11 Å². The highest BCUT2D eigenvalue weighted by Gasteiger charge is 1.98. The molecular formula is C19H31NO2. The summed E-state index contributed by atoms with van der Waals surface area (Å²) in [6.45, 7) is 3.82. The third-order valence-electron chi connectivity index (χ3n) is 3.92. The molecule has 0 radical (unpaired) electrons. The molecule has 0 spiro atoms. The Morgan fingerprint density at radius 1 is 0.955 bits per heavy atom. The first kappa shape index (κ1) is 18.7. The quantitative estimate of drug-likeness (QED) is 0.526. The van der Waals surface area contributed by atoms with Gasteiger partial charge in [0.05, 0.1) is 0 Å². The fourth-order valence-electron chi connectivity index (χ4n) is 2.53. The summed E-state index contributed by atoms with van der Waals surface area (Å²) in [5.41, 5.74) is 2.69. The molecule has 0 unspecified atom stereocenters. The summed E-state index contributed by atoms with van der Waals surface area (Å²) < 4.78 is 0. The van der Waals surface area contributed by atoms with Gasteiger partial charge in [-0.1, -0.05) is 63.3 Å². The standard InChI is InChI=1S/C19H31NO2/c1-2-3-4-5-6-7-9-17-11-13-18(14-12-17)16-20-15-8-10-19(21)22/h11-14,20H,2-10,15-16H2,1H3,(H,21,22). The van der Waals surface area contributed by atoms with Crippen LogP contribution in [0.4, 0.5) is 0 Å². The smallest absolute Gasteiger partial charge is 0.303 e. The Hall–Kier alpha value is -1.35. The van der Waals surface area contributed by atoms with Crippen LogP contribution in [0, 0.1) is 0 Å². The predicted molar refractivity (Wildman–Crippen MR) is 92.1 cm³/mol. The van der Waals surface area contributed by atoms with E-state index in [9.17, 15) is 4.79 Å². The SMILES string of the molecule is CCCCCCCCc1ccc(CNCCCC(=O)O)cc1. The fraction of sp³-hybridized carbons (Fsp3) is 0.632. The van der Waals surface area contributed by atoms with Crippen molar-refractivity contribution < 1.29 is 9.90 Å². The van der Waals surface area contributed by atoms with Gasteiger partial charge in [0.1, 0.15) is 0 Å². The summed E-state index contributed by atoms with van der Waals surface area (Å²) in [5, 5.41) is 11.8. The van der Waals surface area contributed by atoms with Gasteiger partial charge in [-0.05, 0) is 36.9 Å². The van der Waals surface area contributed by atoms with Gasteiger partial charge in [0, 0.05) is 13.0 Å². The van der Waals surface area contributed by atoms with Gasteiger partial charge < -0.3 is 10.4 Å². The predicted octanol–water partition coefficient (Wildman–Crippen LogP) is 4.54. The molecule has 0 amide bonds. The lowest BCUT2D eigenvalue weighted by Gasteiger charge is -2.06. The van der Waals surface area contributed by atoms with Crippen LogP contribution in [-0.2, 0) is 17.8 Å². The molecule has 0 aliphatic rings. The van der Waals surface area contributed by atoms with E-state index in [2.05, 4.69) is 36.5 Å². The number of carboxylic acids is 1. The molecule has 0 aromatic heterocycles. The highest BCUT2D eigenvalue weighted by Crippen LogP contribution is 2.11. The zero-order valence-corrected chi connectivity index (χ0v) is 13.9. The number of carbonyl (C=O) groups is 1. The van der Waals surface area contributed by atoms with Crippen LogP contribution in [-0.4, -0.2) is 17.6 Å². The molecular weight excluding hydrogens is 274 g/mol. The fourth-order valence-corrected chi connectivity index (χ4v) is 2.53. The molecule has 0 saturated carbocycles. The number of unbranched alkanes of at least 4 members (excludes halogenated alkanes) is 5. The van der Waals surface area contributed by atoms with E-state index < -0.39 is 5.97 Å². The number of hydrogen-bond donors (Lipinski definition) is 2. The molecule has 0 saturated heterocycles. The number of benzene rings is 1. The molecule has 2 N–H and O–H groups in total. The van der Waals surface area contributed by atoms with Gasteiger partial charge in [0.15, 0.2) is 0 Å². The molecule has 1 aromatic rings. The van der Waals surface area contributed by atoms with Crippen LogP contribution < -0.4 is 5.32 Å². The van der Waals surface area contributed by atoms with Crippen molar-refractivity contribution in [3.8, 4) is 0 Å².